The van der Waals surface area contributed by atoms with Crippen molar-refractivity contribution in [3.63, 3.8) is 0 Å². The van der Waals surface area contributed by atoms with Gasteiger partial charge in [-0.15, -0.1) is 0 Å². The Labute approximate surface area is 93.7 Å². The maximum atomic E-state index is 11.1. The minimum Gasteiger partial charge on any atom is -0.475 e. The predicted molar refractivity (Wildman–Crippen MR) is 62.0 cm³/mol. The first-order chi connectivity index (χ1) is 7.56. The van der Waals surface area contributed by atoms with Gasteiger partial charge in [0.05, 0.1) is 0 Å². The molecule has 1 aromatic carbocycles. The summed E-state index contributed by atoms with van der Waals surface area (Å²) in [6.07, 6.45) is 0.666. The van der Waals surface area contributed by atoms with E-state index in [1.165, 1.54) is 0 Å². The van der Waals surface area contributed by atoms with Gasteiger partial charge >= 0.3 is 5.97 Å². The van der Waals surface area contributed by atoms with Gasteiger partial charge in [0.1, 0.15) is 5.58 Å². The van der Waals surface area contributed by atoms with Crippen LogP contribution in [-0.4, -0.2) is 11.1 Å². The molecule has 16 heavy (non-hydrogen) atoms. The van der Waals surface area contributed by atoms with E-state index in [1.807, 2.05) is 32.9 Å². The summed E-state index contributed by atoms with van der Waals surface area (Å²) in [6, 6.07) is 3.95. The lowest BCUT2D eigenvalue weighted by atomic mass is 10.0. The van der Waals surface area contributed by atoms with Crippen LogP contribution in [0.3, 0.4) is 0 Å². The van der Waals surface area contributed by atoms with Crippen molar-refractivity contribution in [3.05, 3.63) is 34.6 Å². The number of hydrogen-bond acceptors (Lipinski definition) is 2. The molecule has 0 unspecified atom stereocenters. The second kappa shape index (κ2) is 3.67. The average Bonchev–Trinajstić information content (AvgIpc) is 2.64. The average molecular weight is 218 g/mol. The van der Waals surface area contributed by atoms with Gasteiger partial charge in [-0.1, -0.05) is 19.1 Å². The first kappa shape index (κ1) is 10.7. The Morgan fingerprint density at radius 1 is 1.31 bits per heavy atom. The van der Waals surface area contributed by atoms with Gasteiger partial charge in [0.2, 0.25) is 5.76 Å². The third-order valence-corrected chi connectivity index (χ3v) is 2.89. The van der Waals surface area contributed by atoms with Crippen LogP contribution < -0.4 is 0 Å². The highest BCUT2D eigenvalue weighted by molar-refractivity contribution is 5.97. The molecule has 0 spiro atoms. The number of aromatic carboxylic acids is 1. The number of carboxylic acid groups (broad SMARTS) is 1. The lowest BCUT2D eigenvalue weighted by Crippen LogP contribution is -1.97. The molecule has 0 amide bonds. The van der Waals surface area contributed by atoms with Crippen molar-refractivity contribution in [1.82, 2.24) is 0 Å². The fraction of sp³-hybridized carbons (Fsp3) is 0.308. The zero-order valence-electron chi connectivity index (χ0n) is 9.63. The van der Waals surface area contributed by atoms with Crippen molar-refractivity contribution in [3.8, 4) is 0 Å². The van der Waals surface area contributed by atoms with E-state index in [2.05, 4.69) is 0 Å². The molecule has 1 heterocycles. The molecule has 0 aliphatic carbocycles. The van der Waals surface area contributed by atoms with Gasteiger partial charge in [-0.05, 0) is 31.4 Å². The van der Waals surface area contributed by atoms with Crippen molar-refractivity contribution in [2.45, 2.75) is 27.2 Å². The minimum absolute atomic E-state index is 0.0786. The first-order valence-electron chi connectivity index (χ1n) is 5.31. The molecule has 1 N–H and O–H groups in total. The molecule has 2 aromatic rings. The van der Waals surface area contributed by atoms with Crippen LogP contribution in [0.15, 0.2) is 16.5 Å². The lowest BCUT2D eigenvalue weighted by Gasteiger charge is -2.00. The number of aryl methyl sites for hydroxylation is 3. The molecule has 3 nitrogen and oxygen atoms in total. The van der Waals surface area contributed by atoms with Gasteiger partial charge in [-0.25, -0.2) is 4.79 Å². The molecular formula is C13H14O3. The Hall–Kier alpha value is -1.77. The van der Waals surface area contributed by atoms with Gasteiger partial charge in [0.25, 0.3) is 0 Å². The van der Waals surface area contributed by atoms with E-state index < -0.39 is 5.97 Å². The number of rotatable bonds is 2. The molecule has 84 valence electrons. The summed E-state index contributed by atoms with van der Waals surface area (Å²) in [5, 5.41) is 10.0. The number of carboxylic acids is 1. The van der Waals surface area contributed by atoms with Crippen LogP contribution in [0.25, 0.3) is 11.0 Å². The van der Waals surface area contributed by atoms with Gasteiger partial charge in [0.15, 0.2) is 0 Å². The summed E-state index contributed by atoms with van der Waals surface area (Å²) < 4.78 is 5.46. The molecule has 0 saturated carbocycles. The molecule has 3 heteroatoms. The fourth-order valence-electron chi connectivity index (χ4n) is 2.08. The summed E-state index contributed by atoms with van der Waals surface area (Å²) in [4.78, 5) is 11.1. The van der Waals surface area contributed by atoms with Crippen molar-refractivity contribution in [1.29, 1.82) is 0 Å². The summed E-state index contributed by atoms with van der Waals surface area (Å²) in [6.45, 7) is 5.84. The molecule has 0 bridgehead atoms. The Morgan fingerprint density at radius 2 is 1.94 bits per heavy atom. The molecular weight excluding hydrogens is 204 g/mol. The summed E-state index contributed by atoms with van der Waals surface area (Å²) >= 11 is 0. The van der Waals surface area contributed by atoms with Crippen LogP contribution >= 0.6 is 0 Å². The van der Waals surface area contributed by atoms with Crippen LogP contribution in [0.5, 0.6) is 0 Å². The monoisotopic (exact) mass is 218 g/mol. The van der Waals surface area contributed by atoms with E-state index in [-0.39, 0.29) is 5.76 Å². The van der Waals surface area contributed by atoms with Crippen LogP contribution in [0.1, 0.15) is 34.2 Å². The van der Waals surface area contributed by atoms with Crippen molar-refractivity contribution in [2.75, 3.05) is 0 Å². The molecule has 0 saturated heterocycles. The zero-order valence-corrected chi connectivity index (χ0v) is 9.63. The quantitative estimate of drug-likeness (QED) is 0.841. The Kier molecular flexibility index (Phi) is 2.46. The van der Waals surface area contributed by atoms with Crippen LogP contribution in [0.2, 0.25) is 0 Å². The van der Waals surface area contributed by atoms with E-state index in [1.54, 1.807) is 0 Å². The second-order valence-electron chi connectivity index (χ2n) is 3.97. The Balaban J connectivity index is 2.92. The largest absolute Gasteiger partial charge is 0.475 e. The summed E-state index contributed by atoms with van der Waals surface area (Å²) in [5.74, 6) is -0.915. The minimum atomic E-state index is -0.994. The molecule has 1 aromatic heterocycles. The molecule has 2 rings (SSSR count). The summed E-state index contributed by atoms with van der Waals surface area (Å²) in [7, 11) is 0. The molecule has 0 radical (unpaired) electrons. The standard InChI is InChI=1S/C13H14O3/c1-4-9-10-7(2)5-6-8(3)11(10)16-12(9)13(14)15/h5-6H,4H2,1-3H3,(H,14,15). The van der Waals surface area contributed by atoms with E-state index >= 15 is 0 Å². The summed E-state index contributed by atoms with van der Waals surface area (Å²) in [5.41, 5.74) is 3.54. The fourth-order valence-corrected chi connectivity index (χ4v) is 2.08. The molecule has 0 atom stereocenters. The van der Waals surface area contributed by atoms with Gasteiger partial charge < -0.3 is 9.52 Å². The smallest absolute Gasteiger partial charge is 0.372 e. The molecule has 0 aliphatic rings. The van der Waals surface area contributed by atoms with Crippen LogP contribution in [-0.2, 0) is 6.42 Å². The normalized spacial score (nSPS) is 10.9. The highest BCUT2D eigenvalue weighted by Gasteiger charge is 2.20. The Morgan fingerprint density at radius 3 is 2.50 bits per heavy atom. The SMILES string of the molecule is CCc1c(C(=O)O)oc2c(C)ccc(C)c12. The van der Waals surface area contributed by atoms with Crippen LogP contribution in [0.4, 0.5) is 0 Å². The highest BCUT2D eigenvalue weighted by Crippen LogP contribution is 2.31. The van der Waals surface area contributed by atoms with Crippen molar-refractivity contribution < 1.29 is 14.3 Å². The van der Waals surface area contributed by atoms with E-state index in [0.29, 0.717) is 12.0 Å². The number of benzene rings is 1. The topological polar surface area (TPSA) is 50.4 Å². The van der Waals surface area contributed by atoms with E-state index in [9.17, 15) is 4.79 Å². The van der Waals surface area contributed by atoms with Crippen molar-refractivity contribution in [2.24, 2.45) is 0 Å². The third kappa shape index (κ3) is 1.40. The Bertz CT molecular complexity index is 564. The number of hydrogen-bond donors (Lipinski definition) is 1. The maximum absolute atomic E-state index is 11.1. The van der Waals surface area contributed by atoms with Gasteiger partial charge in [-0.2, -0.15) is 0 Å². The highest BCUT2D eigenvalue weighted by atomic mass is 16.4. The molecule has 0 fully saturated rings. The third-order valence-electron chi connectivity index (χ3n) is 2.89. The predicted octanol–water partition coefficient (Wildman–Crippen LogP) is 3.31. The molecule has 0 aliphatic heterocycles. The van der Waals surface area contributed by atoms with Gasteiger partial charge in [-0.3, -0.25) is 0 Å². The van der Waals surface area contributed by atoms with Crippen molar-refractivity contribution >= 4 is 16.9 Å². The van der Waals surface area contributed by atoms with E-state index in [0.717, 1.165) is 22.1 Å². The second-order valence-corrected chi connectivity index (χ2v) is 3.97. The number of carbonyl (C=O) groups is 1. The zero-order chi connectivity index (χ0) is 11.9. The lowest BCUT2D eigenvalue weighted by molar-refractivity contribution is 0.0663. The maximum Gasteiger partial charge on any atom is 0.372 e. The van der Waals surface area contributed by atoms with Gasteiger partial charge in [0, 0.05) is 10.9 Å². The van der Waals surface area contributed by atoms with Crippen LogP contribution in [0, 0.1) is 13.8 Å². The number of fused-ring (bicyclic) bond motifs is 1. The number of furan rings is 1. The van der Waals surface area contributed by atoms with E-state index in [4.69, 9.17) is 9.52 Å². The first-order valence-corrected chi connectivity index (χ1v) is 5.31.